The van der Waals surface area contributed by atoms with E-state index in [0.717, 1.165) is 31.6 Å². The standard InChI is InChI=1S/C22H32O6/c1-14(24)28-13-15(10-19(26)27)6-7-17-16(12-23)11-18(25)20-21(2,3)8-5-9-22(17,20)4/h10-12,17-18,20,25H,5-9,13H2,1-4H3,(H,26,27)/b15-10+/t17-,18+,20-,22+/m0/s1. The molecule has 1 saturated carbocycles. The predicted octanol–water partition coefficient (Wildman–Crippen LogP) is 3.29. The molecule has 2 rings (SSSR count). The third kappa shape index (κ3) is 4.72. The number of esters is 1. The van der Waals surface area contributed by atoms with Crippen molar-refractivity contribution in [2.24, 2.45) is 22.7 Å². The summed E-state index contributed by atoms with van der Waals surface area (Å²) in [7, 11) is 0. The van der Waals surface area contributed by atoms with E-state index in [2.05, 4.69) is 20.8 Å². The highest BCUT2D eigenvalue weighted by atomic mass is 16.5. The normalized spacial score (nSPS) is 32.1. The molecule has 0 radical (unpaired) electrons. The molecule has 0 bridgehead atoms. The molecule has 0 aromatic rings. The Balaban J connectivity index is 2.30. The van der Waals surface area contributed by atoms with E-state index in [1.807, 2.05) is 0 Å². The smallest absolute Gasteiger partial charge is 0.328 e. The molecule has 2 aliphatic rings. The summed E-state index contributed by atoms with van der Waals surface area (Å²) in [5.41, 5.74) is 0.801. The summed E-state index contributed by atoms with van der Waals surface area (Å²) in [6.07, 6.45) is 6.87. The zero-order valence-corrected chi connectivity index (χ0v) is 17.2. The average molecular weight is 392 g/mol. The van der Waals surface area contributed by atoms with Crippen molar-refractivity contribution in [3.63, 3.8) is 0 Å². The van der Waals surface area contributed by atoms with Gasteiger partial charge in [0.2, 0.25) is 0 Å². The summed E-state index contributed by atoms with van der Waals surface area (Å²) < 4.78 is 4.99. The Kier molecular flexibility index (Phi) is 6.86. The minimum Gasteiger partial charge on any atom is -0.478 e. The second-order valence-electron chi connectivity index (χ2n) is 9.11. The average Bonchev–Trinajstić information content (AvgIpc) is 2.56. The minimum absolute atomic E-state index is 0.0304. The van der Waals surface area contributed by atoms with Crippen molar-refractivity contribution in [2.45, 2.75) is 65.9 Å². The van der Waals surface area contributed by atoms with Crippen LogP contribution in [0.25, 0.3) is 0 Å². The molecule has 4 atom stereocenters. The maximum atomic E-state index is 11.8. The molecule has 156 valence electrons. The number of rotatable bonds is 7. The molecule has 0 heterocycles. The van der Waals surface area contributed by atoms with Crippen molar-refractivity contribution in [3.8, 4) is 0 Å². The van der Waals surface area contributed by atoms with Crippen molar-refractivity contribution in [1.29, 1.82) is 0 Å². The molecule has 0 unspecified atom stereocenters. The van der Waals surface area contributed by atoms with Gasteiger partial charge in [0.1, 0.15) is 12.9 Å². The topological polar surface area (TPSA) is 101 Å². The zero-order valence-electron chi connectivity index (χ0n) is 17.2. The number of allylic oxidation sites excluding steroid dienone is 1. The van der Waals surface area contributed by atoms with Gasteiger partial charge >= 0.3 is 11.9 Å². The van der Waals surface area contributed by atoms with Gasteiger partial charge in [-0.1, -0.05) is 27.2 Å². The fraction of sp³-hybridized carbons (Fsp3) is 0.682. The summed E-state index contributed by atoms with van der Waals surface area (Å²) in [6, 6.07) is 0. The van der Waals surface area contributed by atoms with E-state index >= 15 is 0 Å². The number of ether oxygens (including phenoxy) is 1. The van der Waals surface area contributed by atoms with E-state index in [0.29, 0.717) is 24.0 Å². The van der Waals surface area contributed by atoms with E-state index in [4.69, 9.17) is 9.84 Å². The largest absolute Gasteiger partial charge is 0.478 e. The number of carboxylic acid groups (broad SMARTS) is 1. The van der Waals surface area contributed by atoms with Gasteiger partial charge in [0, 0.05) is 13.0 Å². The van der Waals surface area contributed by atoms with Gasteiger partial charge in [-0.25, -0.2) is 4.79 Å². The predicted molar refractivity (Wildman–Crippen MR) is 104 cm³/mol. The van der Waals surface area contributed by atoms with Crippen LogP contribution >= 0.6 is 0 Å². The molecule has 6 nitrogen and oxygen atoms in total. The fourth-order valence-electron chi connectivity index (χ4n) is 5.66. The third-order valence-electron chi connectivity index (χ3n) is 6.67. The molecule has 2 aliphatic carbocycles. The molecule has 0 aliphatic heterocycles. The maximum absolute atomic E-state index is 11.8. The summed E-state index contributed by atoms with van der Waals surface area (Å²) in [5.74, 6) is -1.60. The minimum atomic E-state index is -1.09. The third-order valence-corrected chi connectivity index (χ3v) is 6.67. The highest BCUT2D eigenvalue weighted by Gasteiger charge is 2.55. The molecule has 6 heteroatoms. The number of aliphatic hydroxyl groups is 1. The maximum Gasteiger partial charge on any atom is 0.328 e. The lowest BCUT2D eigenvalue weighted by atomic mass is 9.47. The van der Waals surface area contributed by atoms with E-state index in [9.17, 15) is 19.5 Å². The molecule has 28 heavy (non-hydrogen) atoms. The second kappa shape index (κ2) is 8.60. The quantitative estimate of drug-likeness (QED) is 0.392. The number of hydrogen-bond donors (Lipinski definition) is 2. The molecule has 0 spiro atoms. The Morgan fingerprint density at radius 2 is 1.96 bits per heavy atom. The van der Waals surface area contributed by atoms with E-state index in [1.165, 1.54) is 6.92 Å². The number of hydrogen-bond acceptors (Lipinski definition) is 5. The van der Waals surface area contributed by atoms with Crippen LogP contribution in [-0.2, 0) is 19.1 Å². The molecule has 2 N–H and O–H groups in total. The van der Waals surface area contributed by atoms with Crippen LogP contribution < -0.4 is 0 Å². The van der Waals surface area contributed by atoms with Crippen LogP contribution in [0, 0.1) is 22.7 Å². The van der Waals surface area contributed by atoms with Crippen molar-refractivity contribution in [2.75, 3.05) is 6.61 Å². The van der Waals surface area contributed by atoms with Gasteiger partial charge in [-0.3, -0.25) is 9.59 Å². The number of carbonyl (C=O) groups is 3. The van der Waals surface area contributed by atoms with Crippen LogP contribution in [0.4, 0.5) is 0 Å². The van der Waals surface area contributed by atoms with Crippen molar-refractivity contribution >= 4 is 18.2 Å². The molecule has 0 aromatic heterocycles. The molecular weight excluding hydrogens is 360 g/mol. The Hall–Kier alpha value is -1.95. The Labute approximate surface area is 166 Å². The number of fused-ring (bicyclic) bond motifs is 1. The van der Waals surface area contributed by atoms with E-state index < -0.39 is 18.0 Å². The van der Waals surface area contributed by atoms with Gasteiger partial charge in [0.05, 0.1) is 6.10 Å². The van der Waals surface area contributed by atoms with Gasteiger partial charge < -0.3 is 14.9 Å². The van der Waals surface area contributed by atoms with Gasteiger partial charge in [-0.05, 0) is 65.6 Å². The summed E-state index contributed by atoms with van der Waals surface area (Å²) in [6.45, 7) is 7.71. The van der Waals surface area contributed by atoms with Gasteiger partial charge in [0.15, 0.2) is 0 Å². The van der Waals surface area contributed by atoms with Crippen molar-refractivity contribution in [3.05, 3.63) is 23.3 Å². The summed E-state index contributed by atoms with van der Waals surface area (Å²) in [5, 5.41) is 19.9. The van der Waals surface area contributed by atoms with E-state index in [1.54, 1.807) is 6.08 Å². The lowest BCUT2D eigenvalue weighted by Crippen LogP contribution is -2.54. The molecule has 1 fully saturated rings. The Morgan fingerprint density at radius 3 is 2.54 bits per heavy atom. The number of carboxylic acids is 1. The summed E-state index contributed by atoms with van der Waals surface area (Å²) in [4.78, 5) is 34.0. The van der Waals surface area contributed by atoms with Crippen LogP contribution in [0.3, 0.4) is 0 Å². The lowest BCUT2D eigenvalue weighted by Gasteiger charge is -2.58. The summed E-state index contributed by atoms with van der Waals surface area (Å²) >= 11 is 0. The number of carbonyl (C=O) groups excluding carboxylic acids is 2. The first-order valence-electron chi connectivity index (χ1n) is 9.92. The zero-order chi connectivity index (χ0) is 21.1. The number of aliphatic carboxylic acids is 1. The lowest BCUT2D eigenvalue weighted by molar-refractivity contribution is -0.140. The van der Waals surface area contributed by atoms with Gasteiger partial charge in [-0.15, -0.1) is 0 Å². The van der Waals surface area contributed by atoms with E-state index in [-0.39, 0.29) is 29.3 Å². The van der Waals surface area contributed by atoms with Crippen molar-refractivity contribution in [1.82, 2.24) is 0 Å². The highest BCUT2D eigenvalue weighted by molar-refractivity contribution is 5.81. The van der Waals surface area contributed by atoms with Crippen LogP contribution in [0.2, 0.25) is 0 Å². The number of aldehydes is 1. The van der Waals surface area contributed by atoms with Gasteiger partial charge in [-0.2, -0.15) is 0 Å². The van der Waals surface area contributed by atoms with Crippen molar-refractivity contribution < 1.29 is 29.3 Å². The first-order valence-corrected chi connectivity index (χ1v) is 9.92. The highest BCUT2D eigenvalue weighted by Crippen LogP contribution is 2.60. The van der Waals surface area contributed by atoms with Crippen LogP contribution in [0.5, 0.6) is 0 Å². The SMILES string of the molecule is CC(=O)OC/C(=C/C(=O)O)CC[C@H]1C(C=O)=C[C@@H](O)[C@H]2C(C)(C)CCC[C@]12C. The Morgan fingerprint density at radius 1 is 1.29 bits per heavy atom. The molecule has 0 amide bonds. The van der Waals surface area contributed by atoms with Crippen LogP contribution in [0.15, 0.2) is 23.3 Å². The number of aliphatic hydroxyl groups excluding tert-OH is 1. The molecular formula is C22H32O6. The van der Waals surface area contributed by atoms with Crippen LogP contribution in [-0.4, -0.2) is 41.1 Å². The Bertz CT molecular complexity index is 689. The van der Waals surface area contributed by atoms with Gasteiger partial charge in [0.25, 0.3) is 0 Å². The second-order valence-corrected chi connectivity index (χ2v) is 9.11. The fourth-order valence-corrected chi connectivity index (χ4v) is 5.66. The molecule has 0 aromatic carbocycles. The molecule has 0 saturated heterocycles. The first-order chi connectivity index (χ1) is 13.0. The first kappa shape index (κ1) is 22.3. The van der Waals surface area contributed by atoms with Crippen LogP contribution in [0.1, 0.15) is 59.8 Å². The monoisotopic (exact) mass is 392 g/mol.